The Morgan fingerprint density at radius 2 is 2.21 bits per heavy atom. The molecular weight excluding hydrogens is 308 g/mol. The van der Waals surface area contributed by atoms with E-state index < -0.39 is 5.60 Å². The van der Waals surface area contributed by atoms with Gasteiger partial charge in [-0.1, -0.05) is 0 Å². The summed E-state index contributed by atoms with van der Waals surface area (Å²) in [6.07, 6.45) is 6.91. The zero-order chi connectivity index (χ0) is 17.7. The number of carbonyl (C=O) groups is 2. The van der Waals surface area contributed by atoms with Crippen molar-refractivity contribution in [2.45, 2.75) is 31.3 Å². The Hall–Kier alpha value is -2.15. The van der Waals surface area contributed by atoms with Crippen molar-refractivity contribution in [1.29, 1.82) is 0 Å². The first-order valence-electron chi connectivity index (χ1n) is 8.18. The summed E-state index contributed by atoms with van der Waals surface area (Å²) in [6, 6.07) is 1.82. The predicted molar refractivity (Wildman–Crippen MR) is 90.9 cm³/mol. The minimum atomic E-state index is -0.986. The number of hydrogen-bond acceptors (Lipinski definition) is 4. The van der Waals surface area contributed by atoms with Crippen molar-refractivity contribution in [2.75, 3.05) is 27.2 Å². The molecule has 1 unspecified atom stereocenters. The van der Waals surface area contributed by atoms with Gasteiger partial charge in [-0.3, -0.25) is 14.3 Å². The van der Waals surface area contributed by atoms with Gasteiger partial charge in [-0.2, -0.15) is 5.10 Å². The number of piperidine rings is 1. The van der Waals surface area contributed by atoms with Crippen molar-refractivity contribution in [3.8, 4) is 0 Å². The minimum Gasteiger partial charge on any atom is -0.388 e. The number of carbonyl (C=O) groups excluding carboxylic acids is 2. The topological polar surface area (TPSA) is 78.7 Å². The molecule has 1 saturated heterocycles. The summed E-state index contributed by atoms with van der Waals surface area (Å²) in [5.74, 6) is -0.142. The summed E-state index contributed by atoms with van der Waals surface area (Å²) in [4.78, 5) is 27.3. The second kappa shape index (κ2) is 7.61. The van der Waals surface area contributed by atoms with Gasteiger partial charge in [0, 0.05) is 52.9 Å². The molecule has 0 spiro atoms. The van der Waals surface area contributed by atoms with Gasteiger partial charge >= 0.3 is 0 Å². The van der Waals surface area contributed by atoms with Crippen LogP contribution in [0, 0.1) is 0 Å². The van der Waals surface area contributed by atoms with Crippen molar-refractivity contribution < 1.29 is 14.7 Å². The lowest BCUT2D eigenvalue weighted by Gasteiger charge is -2.39. The predicted octanol–water partition coefficient (Wildman–Crippen LogP) is 0.655. The zero-order valence-corrected chi connectivity index (χ0v) is 14.6. The maximum Gasteiger partial charge on any atom is 0.246 e. The van der Waals surface area contributed by atoms with Crippen LogP contribution in [0.1, 0.15) is 31.4 Å². The smallest absolute Gasteiger partial charge is 0.246 e. The third-order valence-electron chi connectivity index (χ3n) is 4.43. The molecule has 24 heavy (non-hydrogen) atoms. The lowest BCUT2D eigenvalue weighted by atomic mass is 9.88. The Morgan fingerprint density at radius 3 is 2.83 bits per heavy atom. The van der Waals surface area contributed by atoms with E-state index in [-0.39, 0.29) is 24.8 Å². The number of aromatic nitrogens is 2. The van der Waals surface area contributed by atoms with E-state index >= 15 is 0 Å². The van der Waals surface area contributed by atoms with Crippen LogP contribution in [0.5, 0.6) is 0 Å². The van der Waals surface area contributed by atoms with E-state index in [1.165, 1.54) is 11.0 Å². The zero-order valence-electron chi connectivity index (χ0n) is 14.6. The molecular formula is C17H26N4O3. The van der Waals surface area contributed by atoms with E-state index in [1.807, 2.05) is 13.1 Å². The van der Waals surface area contributed by atoms with E-state index in [0.717, 1.165) is 12.1 Å². The van der Waals surface area contributed by atoms with Crippen LogP contribution in [0.2, 0.25) is 0 Å². The van der Waals surface area contributed by atoms with Gasteiger partial charge in [-0.05, 0) is 31.4 Å². The number of likely N-dealkylation sites (tertiary alicyclic amines) is 1. The Bertz CT molecular complexity index is 623. The molecule has 1 atom stereocenters. The molecule has 7 nitrogen and oxygen atoms in total. The van der Waals surface area contributed by atoms with E-state index in [9.17, 15) is 14.7 Å². The van der Waals surface area contributed by atoms with Gasteiger partial charge in [0.25, 0.3) is 0 Å². The summed E-state index contributed by atoms with van der Waals surface area (Å²) in [6.45, 7) is 0.890. The highest BCUT2D eigenvalue weighted by Gasteiger charge is 2.35. The molecule has 0 bridgehead atoms. The number of hydrogen-bond donors (Lipinski definition) is 1. The van der Waals surface area contributed by atoms with Crippen LogP contribution in [0.15, 0.2) is 18.3 Å². The first-order chi connectivity index (χ1) is 11.3. The molecule has 1 aliphatic heterocycles. The molecule has 0 aromatic carbocycles. The summed E-state index contributed by atoms with van der Waals surface area (Å²) in [5.41, 5.74) is -0.146. The van der Waals surface area contributed by atoms with Crippen LogP contribution in [0.4, 0.5) is 0 Å². The van der Waals surface area contributed by atoms with Crippen LogP contribution in [0.25, 0.3) is 6.08 Å². The highest BCUT2D eigenvalue weighted by Crippen LogP contribution is 2.26. The summed E-state index contributed by atoms with van der Waals surface area (Å²) in [7, 11) is 5.21. The Labute approximate surface area is 142 Å². The Morgan fingerprint density at radius 1 is 1.46 bits per heavy atom. The summed E-state index contributed by atoms with van der Waals surface area (Å²) in [5, 5.41) is 14.8. The van der Waals surface area contributed by atoms with Crippen LogP contribution >= 0.6 is 0 Å². The highest BCUT2D eigenvalue weighted by atomic mass is 16.3. The number of β-amino-alcohol motifs (C(OH)–C–C–N with tert-alkyl or cyclic N) is 1. The maximum absolute atomic E-state index is 12.4. The second-order valence-electron chi connectivity index (χ2n) is 6.59. The molecule has 1 fully saturated rings. The quantitative estimate of drug-likeness (QED) is 0.802. The number of rotatable bonds is 5. The Balaban J connectivity index is 1.94. The third-order valence-corrected chi connectivity index (χ3v) is 4.43. The van der Waals surface area contributed by atoms with Gasteiger partial charge < -0.3 is 14.9 Å². The molecule has 0 radical (unpaired) electrons. The molecule has 2 amide bonds. The molecule has 1 N–H and O–H groups in total. The first-order valence-corrected chi connectivity index (χ1v) is 8.18. The molecule has 7 heteroatoms. The average molecular weight is 334 g/mol. The molecule has 132 valence electrons. The fraction of sp³-hybridized carbons (Fsp3) is 0.588. The molecule has 1 aliphatic rings. The lowest BCUT2D eigenvalue weighted by Crippen LogP contribution is -2.50. The lowest BCUT2D eigenvalue weighted by molar-refractivity contribution is -0.135. The molecule has 1 aromatic heterocycles. The van der Waals surface area contributed by atoms with Crippen LogP contribution in [0.3, 0.4) is 0 Å². The second-order valence-corrected chi connectivity index (χ2v) is 6.59. The van der Waals surface area contributed by atoms with Gasteiger partial charge in [0.2, 0.25) is 11.8 Å². The fourth-order valence-electron chi connectivity index (χ4n) is 2.88. The number of nitrogens with zero attached hydrogens (tertiary/aromatic N) is 4. The van der Waals surface area contributed by atoms with Crippen LogP contribution in [-0.4, -0.2) is 69.3 Å². The van der Waals surface area contributed by atoms with Gasteiger partial charge in [-0.15, -0.1) is 0 Å². The molecule has 2 rings (SSSR count). The van der Waals surface area contributed by atoms with Crippen molar-refractivity contribution in [3.05, 3.63) is 24.0 Å². The van der Waals surface area contributed by atoms with Crippen molar-refractivity contribution >= 4 is 17.9 Å². The average Bonchev–Trinajstić information content (AvgIpc) is 2.95. The Kier molecular flexibility index (Phi) is 5.77. The van der Waals surface area contributed by atoms with E-state index in [0.29, 0.717) is 19.4 Å². The maximum atomic E-state index is 12.4. The number of aryl methyl sites for hydroxylation is 1. The SMILES string of the molecule is CN(C)C(=O)CCC1(O)CCCN(C(=O)/C=C/c2ccnn2C)C1. The van der Waals surface area contributed by atoms with E-state index in [1.54, 1.807) is 35.9 Å². The van der Waals surface area contributed by atoms with Crippen LogP contribution < -0.4 is 0 Å². The van der Waals surface area contributed by atoms with Gasteiger partial charge in [0.05, 0.1) is 11.3 Å². The summed E-state index contributed by atoms with van der Waals surface area (Å²) < 4.78 is 1.68. The normalized spacial score (nSPS) is 21.2. The van der Waals surface area contributed by atoms with Crippen LogP contribution in [-0.2, 0) is 16.6 Å². The van der Waals surface area contributed by atoms with Gasteiger partial charge in [-0.25, -0.2) is 0 Å². The molecule has 1 aromatic rings. The van der Waals surface area contributed by atoms with E-state index in [4.69, 9.17) is 0 Å². The largest absolute Gasteiger partial charge is 0.388 e. The number of amides is 2. The van der Waals surface area contributed by atoms with Gasteiger partial charge in [0.1, 0.15) is 0 Å². The highest BCUT2D eigenvalue weighted by molar-refractivity contribution is 5.91. The standard InChI is InChI=1S/C17H26N4O3/c1-19(2)15(22)7-10-17(24)9-4-12-21(13-17)16(23)6-5-14-8-11-18-20(14)3/h5-6,8,11,24H,4,7,9-10,12-13H2,1-3H3/b6-5+. The van der Waals surface area contributed by atoms with E-state index in [2.05, 4.69) is 5.10 Å². The monoisotopic (exact) mass is 334 g/mol. The number of aliphatic hydroxyl groups is 1. The fourth-order valence-corrected chi connectivity index (χ4v) is 2.88. The van der Waals surface area contributed by atoms with Crippen molar-refractivity contribution in [1.82, 2.24) is 19.6 Å². The molecule has 0 aliphatic carbocycles. The van der Waals surface area contributed by atoms with Crippen molar-refractivity contribution in [3.63, 3.8) is 0 Å². The van der Waals surface area contributed by atoms with Crippen molar-refractivity contribution in [2.24, 2.45) is 7.05 Å². The third kappa shape index (κ3) is 4.67. The van der Waals surface area contributed by atoms with Gasteiger partial charge in [0.15, 0.2) is 0 Å². The first kappa shape index (κ1) is 18.2. The molecule has 2 heterocycles. The minimum absolute atomic E-state index is 0.0111. The molecule has 0 saturated carbocycles. The summed E-state index contributed by atoms with van der Waals surface area (Å²) >= 11 is 0.